The second-order valence-electron chi connectivity index (χ2n) is 9.10. The fraction of sp³-hybridized carbons (Fsp3) is 0.542. The van der Waals surface area contributed by atoms with Gasteiger partial charge in [0.1, 0.15) is 5.82 Å². The third-order valence-corrected chi connectivity index (χ3v) is 7.90. The maximum absolute atomic E-state index is 13.4. The first-order valence-corrected chi connectivity index (χ1v) is 12.8. The number of likely N-dealkylation sites (tertiary alicyclic amines) is 1. The molecule has 2 aliphatic rings. The molecular weight excluding hydrogens is 439 g/mol. The Morgan fingerprint density at radius 2 is 1.94 bits per heavy atom. The average molecular weight is 471 g/mol. The van der Waals surface area contributed by atoms with E-state index in [9.17, 15) is 9.18 Å². The summed E-state index contributed by atoms with van der Waals surface area (Å²) in [5.74, 6) is -0.125. The van der Waals surface area contributed by atoms with Gasteiger partial charge in [0, 0.05) is 26.2 Å². The van der Waals surface area contributed by atoms with E-state index in [0.29, 0.717) is 6.54 Å². The smallest absolute Gasteiger partial charge is 0.224 e. The first-order chi connectivity index (χ1) is 16.1. The molecule has 3 aromatic rings. The van der Waals surface area contributed by atoms with Crippen LogP contribution in [0.5, 0.6) is 0 Å². The van der Waals surface area contributed by atoms with Crippen molar-refractivity contribution in [1.29, 1.82) is 0 Å². The van der Waals surface area contributed by atoms with Crippen LogP contribution < -0.4 is 10.2 Å². The van der Waals surface area contributed by atoms with E-state index in [2.05, 4.69) is 20.2 Å². The normalized spacial score (nSPS) is 19.8. The van der Waals surface area contributed by atoms with Crippen molar-refractivity contribution in [2.24, 2.45) is 5.92 Å². The van der Waals surface area contributed by atoms with Gasteiger partial charge >= 0.3 is 0 Å². The molecule has 2 fully saturated rings. The summed E-state index contributed by atoms with van der Waals surface area (Å²) in [5.41, 5.74) is 2.48. The molecule has 33 heavy (non-hydrogen) atoms. The van der Waals surface area contributed by atoms with E-state index in [1.54, 1.807) is 28.2 Å². The molecule has 2 saturated heterocycles. The number of carbonyl (C=O) groups is 1. The molecule has 1 aromatic carbocycles. The minimum absolute atomic E-state index is 0.0122. The topological polar surface area (TPSA) is 66.3 Å². The van der Waals surface area contributed by atoms with E-state index in [-0.39, 0.29) is 17.6 Å². The molecule has 2 aromatic heterocycles. The van der Waals surface area contributed by atoms with E-state index in [0.717, 1.165) is 72.4 Å². The Hall–Kier alpha value is -2.52. The predicted molar refractivity (Wildman–Crippen MR) is 130 cm³/mol. The van der Waals surface area contributed by atoms with Gasteiger partial charge in [-0.1, -0.05) is 17.8 Å². The Labute approximate surface area is 197 Å². The molecule has 0 aliphatic carbocycles. The molecule has 9 heteroatoms. The van der Waals surface area contributed by atoms with E-state index in [4.69, 9.17) is 4.98 Å². The van der Waals surface area contributed by atoms with Crippen molar-refractivity contribution in [2.45, 2.75) is 39.0 Å². The third kappa shape index (κ3) is 4.89. The van der Waals surface area contributed by atoms with Crippen LogP contribution in [0.2, 0.25) is 0 Å². The second kappa shape index (κ2) is 9.77. The number of carbonyl (C=O) groups excluding carboxylic acids is 1. The van der Waals surface area contributed by atoms with Gasteiger partial charge in [0.25, 0.3) is 0 Å². The van der Waals surface area contributed by atoms with Crippen molar-refractivity contribution in [3.05, 3.63) is 35.8 Å². The van der Waals surface area contributed by atoms with Gasteiger partial charge in [0.15, 0.2) is 10.8 Å². The monoisotopic (exact) mass is 470 g/mol. The molecule has 0 spiro atoms. The average Bonchev–Trinajstić information content (AvgIpc) is 3.41. The molecule has 7 nitrogen and oxygen atoms in total. The number of hydrogen-bond acceptors (Lipinski definition) is 6. The molecule has 0 radical (unpaired) electrons. The molecule has 0 saturated carbocycles. The maximum Gasteiger partial charge on any atom is 0.224 e. The summed E-state index contributed by atoms with van der Waals surface area (Å²) in [7, 11) is 0. The van der Waals surface area contributed by atoms with Crippen molar-refractivity contribution < 1.29 is 9.18 Å². The van der Waals surface area contributed by atoms with Gasteiger partial charge in [-0.25, -0.2) is 9.07 Å². The SMILES string of the molecule is Cc1nn(-c2ccc(F)cc2)c2nc(N3CCC[C@H](C(=O)NCCN4CCCCC4)C3)sc12. The number of hydrogen-bond donors (Lipinski definition) is 1. The number of aryl methyl sites for hydroxylation is 1. The quantitative estimate of drug-likeness (QED) is 0.594. The number of rotatable bonds is 6. The number of halogens is 1. The molecule has 4 heterocycles. The van der Waals surface area contributed by atoms with E-state index < -0.39 is 0 Å². The molecular formula is C24H31FN6OS. The lowest BCUT2D eigenvalue weighted by atomic mass is 9.97. The molecule has 176 valence electrons. The number of piperidine rings is 2. The Morgan fingerprint density at radius 1 is 1.15 bits per heavy atom. The van der Waals surface area contributed by atoms with Gasteiger partial charge < -0.3 is 15.1 Å². The highest BCUT2D eigenvalue weighted by Gasteiger charge is 2.28. The van der Waals surface area contributed by atoms with Crippen molar-refractivity contribution >= 4 is 32.7 Å². The largest absolute Gasteiger partial charge is 0.355 e. The number of nitrogens with zero attached hydrogens (tertiary/aromatic N) is 5. The van der Waals surface area contributed by atoms with Crippen molar-refractivity contribution in [3.63, 3.8) is 0 Å². The Morgan fingerprint density at radius 3 is 2.73 bits per heavy atom. The summed E-state index contributed by atoms with van der Waals surface area (Å²) in [6, 6.07) is 6.30. The highest BCUT2D eigenvalue weighted by molar-refractivity contribution is 7.22. The number of amides is 1. The minimum atomic E-state index is -0.272. The fourth-order valence-corrected chi connectivity index (χ4v) is 5.87. The van der Waals surface area contributed by atoms with E-state index in [1.807, 2.05) is 6.92 Å². The van der Waals surface area contributed by atoms with Gasteiger partial charge in [-0.3, -0.25) is 4.79 Å². The van der Waals surface area contributed by atoms with Crippen LogP contribution in [0.4, 0.5) is 9.52 Å². The zero-order valence-corrected chi connectivity index (χ0v) is 19.9. The molecule has 1 amide bonds. The number of fused-ring (bicyclic) bond motifs is 1. The Balaban J connectivity index is 1.25. The van der Waals surface area contributed by atoms with Crippen LogP contribution in [0.3, 0.4) is 0 Å². The first kappa shape index (κ1) is 22.3. The highest BCUT2D eigenvalue weighted by atomic mass is 32.1. The van der Waals surface area contributed by atoms with Crippen LogP contribution >= 0.6 is 11.3 Å². The van der Waals surface area contributed by atoms with Crippen molar-refractivity contribution in [3.8, 4) is 5.69 Å². The van der Waals surface area contributed by atoms with Gasteiger partial charge in [0.05, 0.1) is 22.0 Å². The first-order valence-electron chi connectivity index (χ1n) is 12.0. The van der Waals surface area contributed by atoms with Gasteiger partial charge in [0.2, 0.25) is 5.91 Å². The van der Waals surface area contributed by atoms with Gasteiger partial charge in [-0.2, -0.15) is 10.1 Å². The van der Waals surface area contributed by atoms with Crippen LogP contribution in [-0.4, -0.2) is 64.8 Å². The number of thiazole rings is 1. The molecule has 2 aliphatic heterocycles. The third-order valence-electron chi connectivity index (χ3n) is 6.69. The van der Waals surface area contributed by atoms with Crippen LogP contribution in [0.1, 0.15) is 37.8 Å². The molecule has 0 unspecified atom stereocenters. The molecule has 1 atom stereocenters. The van der Waals surface area contributed by atoms with E-state index >= 15 is 0 Å². The fourth-order valence-electron chi connectivity index (χ4n) is 4.85. The zero-order chi connectivity index (χ0) is 22.8. The lowest BCUT2D eigenvalue weighted by molar-refractivity contribution is -0.125. The van der Waals surface area contributed by atoms with Crippen LogP contribution in [0.15, 0.2) is 24.3 Å². The number of nitrogens with one attached hydrogen (secondary N) is 1. The number of benzene rings is 1. The van der Waals surface area contributed by atoms with Crippen LogP contribution in [0.25, 0.3) is 16.0 Å². The summed E-state index contributed by atoms with van der Waals surface area (Å²) < 4.78 is 16.2. The van der Waals surface area contributed by atoms with Crippen LogP contribution in [-0.2, 0) is 4.79 Å². The number of anilines is 1. The highest BCUT2D eigenvalue weighted by Crippen LogP contribution is 2.34. The van der Waals surface area contributed by atoms with Crippen LogP contribution in [0, 0.1) is 18.7 Å². The predicted octanol–water partition coefficient (Wildman–Crippen LogP) is 3.75. The lowest BCUT2D eigenvalue weighted by Crippen LogP contribution is -2.45. The van der Waals surface area contributed by atoms with Gasteiger partial charge in [-0.05, 0) is 70.0 Å². The van der Waals surface area contributed by atoms with Gasteiger partial charge in [-0.15, -0.1) is 0 Å². The van der Waals surface area contributed by atoms with E-state index in [1.165, 1.54) is 31.4 Å². The summed E-state index contributed by atoms with van der Waals surface area (Å²) in [4.78, 5) is 22.4. The number of aromatic nitrogens is 3. The summed E-state index contributed by atoms with van der Waals surface area (Å²) in [6.45, 7) is 7.53. The minimum Gasteiger partial charge on any atom is -0.355 e. The Bertz CT molecular complexity index is 1100. The molecule has 5 rings (SSSR count). The molecule has 1 N–H and O–H groups in total. The summed E-state index contributed by atoms with van der Waals surface area (Å²) >= 11 is 1.62. The zero-order valence-electron chi connectivity index (χ0n) is 19.1. The maximum atomic E-state index is 13.4. The van der Waals surface area contributed by atoms with Crippen molar-refractivity contribution in [1.82, 2.24) is 25.0 Å². The second-order valence-corrected chi connectivity index (χ2v) is 10.1. The summed E-state index contributed by atoms with van der Waals surface area (Å²) in [5, 5.41) is 8.70. The lowest BCUT2D eigenvalue weighted by Gasteiger charge is -2.32. The Kier molecular flexibility index (Phi) is 6.59. The standard InChI is InChI=1S/C24H31FN6OS/c1-17-21-22(31(28-17)20-9-7-19(25)8-10-20)27-24(33-21)30-14-5-6-18(16-30)23(32)26-11-15-29-12-3-2-4-13-29/h7-10,18H,2-6,11-16H2,1H3,(H,26,32)/t18-/m0/s1. The summed E-state index contributed by atoms with van der Waals surface area (Å²) in [6.07, 6.45) is 5.76. The van der Waals surface area contributed by atoms with Crippen molar-refractivity contribution in [2.75, 3.05) is 44.2 Å². The molecule has 0 bridgehead atoms.